The Hall–Kier alpha value is -3.56. The van der Waals surface area contributed by atoms with Crippen LogP contribution in [0.4, 0.5) is 10.8 Å². The first-order valence-electron chi connectivity index (χ1n) is 10.3. The molecule has 2 aliphatic rings. The third-order valence-corrected chi connectivity index (χ3v) is 5.32. The number of anilines is 1. The third kappa shape index (κ3) is 4.62. The van der Waals surface area contributed by atoms with Crippen molar-refractivity contribution in [1.82, 2.24) is 15.6 Å². The van der Waals surface area contributed by atoms with Gasteiger partial charge in [0.1, 0.15) is 12.1 Å². The van der Waals surface area contributed by atoms with Crippen LogP contribution in [-0.2, 0) is 19.1 Å². The molecule has 0 atom stereocenters. The Morgan fingerprint density at radius 2 is 2.00 bits per heavy atom. The summed E-state index contributed by atoms with van der Waals surface area (Å²) in [4.78, 5) is 42.7. The fourth-order valence-corrected chi connectivity index (χ4v) is 3.63. The van der Waals surface area contributed by atoms with E-state index in [1.807, 2.05) is 29.2 Å². The number of nitrogens with zero attached hydrogens (tertiary/aromatic N) is 2. The van der Waals surface area contributed by atoms with E-state index in [1.165, 1.54) is 0 Å². The van der Waals surface area contributed by atoms with Crippen LogP contribution in [0.1, 0.15) is 19.8 Å². The number of urea groups is 1. The number of amides is 2. The minimum Gasteiger partial charge on any atom is -0.463 e. The molecular formula is C21H24N4O6. The van der Waals surface area contributed by atoms with Crippen molar-refractivity contribution in [3.05, 3.63) is 35.5 Å². The maximum absolute atomic E-state index is 12.6. The van der Waals surface area contributed by atoms with Gasteiger partial charge in [0.25, 0.3) is 6.01 Å². The number of carbonyl (C=O) groups excluding carboxylic acids is 3. The largest absolute Gasteiger partial charge is 0.463 e. The Morgan fingerprint density at radius 1 is 1.23 bits per heavy atom. The Balaban J connectivity index is 1.33. The molecule has 3 heterocycles. The second-order valence-electron chi connectivity index (χ2n) is 7.32. The van der Waals surface area contributed by atoms with E-state index < -0.39 is 12.0 Å². The van der Waals surface area contributed by atoms with Crippen molar-refractivity contribution in [2.75, 3.05) is 37.7 Å². The van der Waals surface area contributed by atoms with E-state index in [2.05, 4.69) is 15.6 Å². The summed E-state index contributed by atoms with van der Waals surface area (Å²) in [6, 6.07) is 7.66. The van der Waals surface area contributed by atoms with E-state index in [0.717, 1.165) is 11.1 Å². The molecule has 1 aromatic carbocycles. The van der Waals surface area contributed by atoms with Crippen molar-refractivity contribution in [1.29, 1.82) is 0 Å². The highest BCUT2D eigenvalue weighted by molar-refractivity contribution is 5.93. The van der Waals surface area contributed by atoms with Crippen molar-refractivity contribution in [3.63, 3.8) is 0 Å². The van der Waals surface area contributed by atoms with Gasteiger partial charge < -0.3 is 29.4 Å². The molecule has 0 spiro atoms. The normalized spacial score (nSPS) is 17.3. The van der Waals surface area contributed by atoms with Crippen LogP contribution >= 0.6 is 0 Å². The van der Waals surface area contributed by atoms with Crippen LogP contribution < -0.4 is 15.5 Å². The number of ether oxygens (including phenoxy) is 2. The van der Waals surface area contributed by atoms with Gasteiger partial charge in [-0.2, -0.15) is 4.98 Å². The number of aromatic nitrogens is 1. The van der Waals surface area contributed by atoms with Crippen LogP contribution in [0.3, 0.4) is 0 Å². The fraction of sp³-hybridized carbons (Fsp3) is 0.429. The molecule has 10 heteroatoms. The SMILES string of the molecule is CCOC(=O)C1=C(COC(=O)C2CCN(c3nc4ccccc4o3)CC2)NC(=O)NC1. The van der Waals surface area contributed by atoms with Gasteiger partial charge in [-0.15, -0.1) is 0 Å². The Kier molecular flexibility index (Phi) is 6.06. The number of hydrogen-bond donors (Lipinski definition) is 2. The number of hydrogen-bond acceptors (Lipinski definition) is 8. The van der Waals surface area contributed by atoms with E-state index in [0.29, 0.717) is 31.9 Å². The van der Waals surface area contributed by atoms with Crippen molar-refractivity contribution in [2.24, 2.45) is 5.92 Å². The molecule has 164 valence electrons. The average Bonchev–Trinajstić information content (AvgIpc) is 3.22. The molecule has 0 bridgehead atoms. The standard InChI is InChI=1S/C21H24N4O6/c1-2-29-19(27)14-11-22-20(28)23-16(14)12-30-18(26)13-7-9-25(10-8-13)21-24-15-5-3-4-6-17(15)31-21/h3-6,13H,2,7-12H2,1H3,(H2,22,23,28). The van der Waals surface area contributed by atoms with Crippen molar-refractivity contribution in [2.45, 2.75) is 19.8 Å². The van der Waals surface area contributed by atoms with Gasteiger partial charge in [-0.25, -0.2) is 9.59 Å². The monoisotopic (exact) mass is 428 g/mol. The molecule has 31 heavy (non-hydrogen) atoms. The molecule has 1 fully saturated rings. The molecule has 0 saturated carbocycles. The molecule has 0 unspecified atom stereocenters. The molecule has 1 saturated heterocycles. The number of piperidine rings is 1. The molecule has 0 radical (unpaired) electrons. The zero-order valence-electron chi connectivity index (χ0n) is 17.2. The smallest absolute Gasteiger partial charge is 0.337 e. The zero-order valence-corrected chi connectivity index (χ0v) is 17.2. The first kappa shape index (κ1) is 20.7. The lowest BCUT2D eigenvalue weighted by Gasteiger charge is -2.30. The molecule has 1 aromatic heterocycles. The molecule has 2 N–H and O–H groups in total. The van der Waals surface area contributed by atoms with Crippen LogP contribution in [0.2, 0.25) is 0 Å². The Bertz CT molecular complexity index is 989. The van der Waals surface area contributed by atoms with Crippen LogP contribution in [0, 0.1) is 5.92 Å². The predicted octanol–water partition coefficient (Wildman–Crippen LogP) is 1.72. The van der Waals surface area contributed by atoms with Crippen molar-refractivity contribution in [3.8, 4) is 0 Å². The minimum absolute atomic E-state index is 0.0282. The van der Waals surface area contributed by atoms with Crippen LogP contribution in [0.15, 0.2) is 40.0 Å². The Morgan fingerprint density at radius 3 is 2.74 bits per heavy atom. The van der Waals surface area contributed by atoms with Gasteiger partial charge in [-0.1, -0.05) is 12.1 Å². The van der Waals surface area contributed by atoms with Gasteiger partial charge in [0.2, 0.25) is 0 Å². The summed E-state index contributed by atoms with van der Waals surface area (Å²) in [7, 11) is 0. The summed E-state index contributed by atoms with van der Waals surface area (Å²) in [6.45, 7) is 2.97. The fourth-order valence-electron chi connectivity index (χ4n) is 3.63. The van der Waals surface area contributed by atoms with E-state index in [9.17, 15) is 14.4 Å². The third-order valence-electron chi connectivity index (χ3n) is 5.32. The number of esters is 2. The van der Waals surface area contributed by atoms with E-state index in [4.69, 9.17) is 13.9 Å². The number of carbonyl (C=O) groups is 3. The van der Waals surface area contributed by atoms with Gasteiger partial charge in [-0.3, -0.25) is 4.79 Å². The quantitative estimate of drug-likeness (QED) is 0.667. The lowest BCUT2D eigenvalue weighted by molar-refractivity contribution is -0.148. The number of benzene rings is 1. The Labute approximate surface area is 178 Å². The van der Waals surface area contributed by atoms with Crippen LogP contribution in [0.25, 0.3) is 11.1 Å². The summed E-state index contributed by atoms with van der Waals surface area (Å²) in [6.07, 6.45) is 1.19. The molecule has 4 rings (SSSR count). The van der Waals surface area contributed by atoms with E-state index >= 15 is 0 Å². The molecule has 2 aromatic rings. The minimum atomic E-state index is -0.548. The summed E-state index contributed by atoms with van der Waals surface area (Å²) in [5.41, 5.74) is 2.03. The first-order valence-corrected chi connectivity index (χ1v) is 10.3. The molecule has 10 nitrogen and oxygen atoms in total. The first-order chi connectivity index (χ1) is 15.0. The topological polar surface area (TPSA) is 123 Å². The van der Waals surface area contributed by atoms with Crippen LogP contribution in [0.5, 0.6) is 0 Å². The van der Waals surface area contributed by atoms with Crippen LogP contribution in [-0.4, -0.2) is 55.8 Å². The maximum atomic E-state index is 12.6. The lowest BCUT2D eigenvalue weighted by Crippen LogP contribution is -2.45. The molecular weight excluding hydrogens is 404 g/mol. The van der Waals surface area contributed by atoms with Gasteiger partial charge in [0, 0.05) is 13.1 Å². The molecule has 2 amide bonds. The molecule has 0 aliphatic carbocycles. The summed E-state index contributed by atoms with van der Waals surface area (Å²) >= 11 is 0. The summed E-state index contributed by atoms with van der Waals surface area (Å²) in [5.74, 6) is -1.18. The van der Waals surface area contributed by atoms with Gasteiger partial charge >= 0.3 is 18.0 Å². The second kappa shape index (κ2) is 9.07. The summed E-state index contributed by atoms with van der Waals surface area (Å²) in [5, 5.41) is 5.04. The maximum Gasteiger partial charge on any atom is 0.337 e. The predicted molar refractivity (Wildman–Crippen MR) is 110 cm³/mol. The lowest BCUT2D eigenvalue weighted by atomic mass is 9.97. The van der Waals surface area contributed by atoms with Crippen molar-refractivity contribution >= 4 is 35.1 Å². The number of oxazole rings is 1. The highest BCUT2D eigenvalue weighted by Gasteiger charge is 2.30. The highest BCUT2D eigenvalue weighted by atomic mass is 16.5. The highest BCUT2D eigenvalue weighted by Crippen LogP contribution is 2.27. The molecule has 2 aliphatic heterocycles. The van der Waals surface area contributed by atoms with Gasteiger partial charge in [0.15, 0.2) is 5.58 Å². The zero-order chi connectivity index (χ0) is 21.8. The van der Waals surface area contributed by atoms with Crippen molar-refractivity contribution < 1.29 is 28.3 Å². The number of fused-ring (bicyclic) bond motifs is 1. The van der Waals surface area contributed by atoms with E-state index in [1.54, 1.807) is 6.92 Å². The number of para-hydroxylation sites is 2. The number of nitrogens with one attached hydrogen (secondary N) is 2. The van der Waals surface area contributed by atoms with Gasteiger partial charge in [0.05, 0.1) is 30.3 Å². The van der Waals surface area contributed by atoms with Gasteiger partial charge in [-0.05, 0) is 31.9 Å². The summed E-state index contributed by atoms with van der Waals surface area (Å²) < 4.78 is 16.2. The van der Waals surface area contributed by atoms with E-state index in [-0.39, 0.29) is 42.9 Å². The number of rotatable bonds is 6. The second-order valence-corrected chi connectivity index (χ2v) is 7.32. The average molecular weight is 428 g/mol.